The van der Waals surface area contributed by atoms with E-state index in [1.54, 1.807) is 41.4 Å². The van der Waals surface area contributed by atoms with E-state index in [1.165, 1.54) is 12.3 Å². The van der Waals surface area contributed by atoms with Crippen LogP contribution < -0.4 is 5.73 Å². The first-order chi connectivity index (χ1) is 13.7. The SMILES string of the molecule is N#CCCN=CC(=CN)n1c(-c2ccccc2F)nc2cnc3[nH]ccc3c21. The number of rotatable bonds is 5. The Morgan fingerprint density at radius 1 is 1.36 bits per heavy atom. The number of hydrogen-bond acceptors (Lipinski definition) is 5. The van der Waals surface area contributed by atoms with E-state index in [-0.39, 0.29) is 0 Å². The predicted molar refractivity (Wildman–Crippen MR) is 107 cm³/mol. The quantitative estimate of drug-likeness (QED) is 0.412. The van der Waals surface area contributed by atoms with Gasteiger partial charge in [0, 0.05) is 24.0 Å². The van der Waals surface area contributed by atoms with Crippen LogP contribution in [-0.4, -0.2) is 32.3 Å². The minimum Gasteiger partial charge on any atom is -0.403 e. The minimum absolute atomic E-state index is 0.297. The molecule has 7 nitrogen and oxygen atoms in total. The lowest BCUT2D eigenvalue weighted by Gasteiger charge is -2.10. The van der Waals surface area contributed by atoms with Crippen LogP contribution in [0.1, 0.15) is 6.42 Å². The highest BCUT2D eigenvalue weighted by molar-refractivity contribution is 6.11. The molecule has 0 saturated heterocycles. The number of pyridine rings is 1. The van der Waals surface area contributed by atoms with Crippen LogP contribution in [0.3, 0.4) is 0 Å². The second kappa shape index (κ2) is 7.32. The molecule has 0 aliphatic rings. The summed E-state index contributed by atoms with van der Waals surface area (Å²) in [6.45, 7) is 0.344. The maximum absolute atomic E-state index is 14.6. The zero-order valence-corrected chi connectivity index (χ0v) is 14.8. The Hall–Kier alpha value is -3.99. The summed E-state index contributed by atoms with van der Waals surface area (Å²) in [5.74, 6) is 0.00199. The van der Waals surface area contributed by atoms with Crippen LogP contribution >= 0.6 is 0 Å². The predicted octanol–water partition coefficient (Wildman–Crippen LogP) is 3.46. The molecule has 3 heterocycles. The van der Waals surface area contributed by atoms with Crippen molar-refractivity contribution < 1.29 is 4.39 Å². The molecule has 0 aliphatic carbocycles. The molecule has 8 heteroatoms. The van der Waals surface area contributed by atoms with Crippen molar-refractivity contribution in [2.75, 3.05) is 6.54 Å². The third kappa shape index (κ3) is 2.89. The number of halogens is 1. The number of fused-ring (bicyclic) bond motifs is 3. The third-order valence-corrected chi connectivity index (χ3v) is 4.32. The van der Waals surface area contributed by atoms with Crippen LogP contribution in [0.4, 0.5) is 4.39 Å². The fraction of sp³-hybridized carbons (Fsp3) is 0.100. The molecule has 138 valence electrons. The minimum atomic E-state index is -0.393. The molecule has 0 spiro atoms. The second-order valence-electron chi connectivity index (χ2n) is 6.02. The van der Waals surface area contributed by atoms with Gasteiger partial charge in [-0.25, -0.2) is 14.4 Å². The van der Waals surface area contributed by atoms with Crippen LogP contribution in [0.5, 0.6) is 0 Å². The molecule has 3 N–H and O–H groups in total. The Kier molecular flexibility index (Phi) is 4.56. The van der Waals surface area contributed by atoms with Crippen molar-refractivity contribution in [3.63, 3.8) is 0 Å². The molecule has 0 saturated carbocycles. The molecule has 0 bridgehead atoms. The molecule has 0 amide bonds. The first-order valence-corrected chi connectivity index (χ1v) is 8.63. The average molecular weight is 373 g/mol. The molecule has 0 unspecified atom stereocenters. The largest absolute Gasteiger partial charge is 0.403 e. The van der Waals surface area contributed by atoms with Crippen molar-refractivity contribution in [2.45, 2.75) is 6.42 Å². The van der Waals surface area contributed by atoms with E-state index in [9.17, 15) is 4.39 Å². The first kappa shape index (κ1) is 17.4. The number of aliphatic imine (C=N–C) groups is 1. The van der Waals surface area contributed by atoms with E-state index in [1.807, 2.05) is 12.1 Å². The number of H-pyrrole nitrogens is 1. The maximum atomic E-state index is 14.6. The van der Waals surface area contributed by atoms with E-state index >= 15 is 0 Å². The summed E-state index contributed by atoms with van der Waals surface area (Å²) in [6.07, 6.45) is 6.67. The van der Waals surface area contributed by atoms with E-state index in [0.29, 0.717) is 41.2 Å². The normalized spacial score (nSPS) is 12.2. The molecule has 4 aromatic rings. The number of benzene rings is 1. The summed E-state index contributed by atoms with van der Waals surface area (Å²) in [5.41, 5.74) is 8.79. The van der Waals surface area contributed by atoms with Gasteiger partial charge < -0.3 is 10.7 Å². The molecule has 4 rings (SSSR count). The Balaban J connectivity index is 2.02. The molecule has 0 aliphatic heterocycles. The van der Waals surface area contributed by atoms with E-state index in [4.69, 9.17) is 11.0 Å². The number of nitrogens with zero attached hydrogens (tertiary/aromatic N) is 5. The van der Waals surface area contributed by atoms with E-state index in [0.717, 1.165) is 10.9 Å². The van der Waals surface area contributed by atoms with Crippen LogP contribution in [0.2, 0.25) is 0 Å². The molecule has 1 aromatic carbocycles. The third-order valence-electron chi connectivity index (χ3n) is 4.32. The Bertz CT molecular complexity index is 1260. The van der Waals surface area contributed by atoms with Gasteiger partial charge >= 0.3 is 0 Å². The van der Waals surface area contributed by atoms with Crippen molar-refractivity contribution >= 4 is 34.0 Å². The number of hydrogen-bond donors (Lipinski definition) is 2. The van der Waals surface area contributed by atoms with Gasteiger partial charge in [-0.2, -0.15) is 5.26 Å². The number of nitrogens with one attached hydrogen (secondary N) is 1. The van der Waals surface area contributed by atoms with Crippen molar-refractivity contribution in [3.8, 4) is 17.5 Å². The molecule has 0 radical (unpaired) electrons. The van der Waals surface area contributed by atoms with Gasteiger partial charge in [0.2, 0.25) is 0 Å². The number of aromatic nitrogens is 4. The number of allylic oxidation sites excluding steroid dienone is 1. The Morgan fingerprint density at radius 2 is 2.21 bits per heavy atom. The van der Waals surface area contributed by atoms with Crippen molar-refractivity contribution in [1.29, 1.82) is 5.26 Å². The van der Waals surface area contributed by atoms with Crippen molar-refractivity contribution in [2.24, 2.45) is 10.7 Å². The zero-order valence-electron chi connectivity index (χ0n) is 14.8. The average Bonchev–Trinajstić information content (AvgIpc) is 3.32. The van der Waals surface area contributed by atoms with Crippen molar-refractivity contribution in [3.05, 3.63) is 54.7 Å². The Morgan fingerprint density at radius 3 is 3.00 bits per heavy atom. The van der Waals surface area contributed by atoms with Gasteiger partial charge in [0.25, 0.3) is 0 Å². The molecule has 0 fully saturated rings. The monoisotopic (exact) mass is 373 g/mol. The maximum Gasteiger partial charge on any atom is 0.148 e. The van der Waals surface area contributed by atoms with Crippen LogP contribution in [0.25, 0.3) is 39.2 Å². The number of nitrogens with two attached hydrogens (primary N) is 1. The zero-order chi connectivity index (χ0) is 19.5. The topological polar surface area (TPSA) is 109 Å². The molecule has 28 heavy (non-hydrogen) atoms. The highest BCUT2D eigenvalue weighted by Crippen LogP contribution is 2.32. The fourth-order valence-corrected chi connectivity index (χ4v) is 3.09. The number of imidazole rings is 1. The van der Waals surface area contributed by atoms with Gasteiger partial charge in [0.05, 0.1) is 42.0 Å². The van der Waals surface area contributed by atoms with Gasteiger partial charge in [-0.15, -0.1) is 0 Å². The summed E-state index contributed by atoms with van der Waals surface area (Å²) in [4.78, 5) is 16.3. The lowest BCUT2D eigenvalue weighted by molar-refractivity contribution is 0.630. The highest BCUT2D eigenvalue weighted by atomic mass is 19.1. The van der Waals surface area contributed by atoms with Gasteiger partial charge in [0.15, 0.2) is 0 Å². The summed E-state index contributed by atoms with van der Waals surface area (Å²) in [7, 11) is 0. The van der Waals surface area contributed by atoms with Gasteiger partial charge in [-0.1, -0.05) is 12.1 Å². The molecular formula is C20H16FN7. The van der Waals surface area contributed by atoms with Gasteiger partial charge in [0.1, 0.15) is 22.8 Å². The lowest BCUT2D eigenvalue weighted by atomic mass is 10.2. The fourth-order valence-electron chi connectivity index (χ4n) is 3.09. The lowest BCUT2D eigenvalue weighted by Crippen LogP contribution is -2.05. The van der Waals surface area contributed by atoms with E-state index in [2.05, 4.69) is 19.9 Å². The van der Waals surface area contributed by atoms with Crippen LogP contribution in [0, 0.1) is 17.1 Å². The summed E-state index contributed by atoms with van der Waals surface area (Å²) in [6, 6.07) is 10.3. The Labute approximate surface area is 159 Å². The molecule has 3 aromatic heterocycles. The summed E-state index contributed by atoms with van der Waals surface area (Å²) < 4.78 is 16.3. The number of aromatic amines is 1. The highest BCUT2D eigenvalue weighted by Gasteiger charge is 2.20. The molecular weight excluding hydrogens is 357 g/mol. The first-order valence-electron chi connectivity index (χ1n) is 8.63. The second-order valence-corrected chi connectivity index (χ2v) is 6.02. The van der Waals surface area contributed by atoms with Crippen LogP contribution in [-0.2, 0) is 0 Å². The summed E-state index contributed by atoms with van der Waals surface area (Å²) in [5, 5.41) is 9.53. The standard InChI is InChI=1S/C20H16FN7/c21-16-5-2-1-4-14(16)20-27-17-12-26-19-15(6-9-25-19)18(17)28(20)13(10-23)11-24-8-3-7-22/h1-2,4-6,9-12H,3,8,23H2,(H,25,26). The van der Waals surface area contributed by atoms with Gasteiger partial charge in [-0.05, 0) is 18.2 Å². The van der Waals surface area contributed by atoms with Crippen LogP contribution in [0.15, 0.2) is 53.9 Å². The summed E-state index contributed by atoms with van der Waals surface area (Å²) >= 11 is 0. The number of nitriles is 1. The molecule has 0 atom stereocenters. The smallest absolute Gasteiger partial charge is 0.148 e. The van der Waals surface area contributed by atoms with Gasteiger partial charge in [-0.3, -0.25) is 9.56 Å². The van der Waals surface area contributed by atoms with E-state index < -0.39 is 5.82 Å². The van der Waals surface area contributed by atoms with Crippen molar-refractivity contribution in [1.82, 2.24) is 19.5 Å².